The van der Waals surface area contributed by atoms with E-state index in [4.69, 9.17) is 10.5 Å². The smallest absolute Gasteiger partial charge is 0.326 e. The summed E-state index contributed by atoms with van der Waals surface area (Å²) in [6.07, 6.45) is 57.8. The molecule has 0 saturated carbocycles. The van der Waals surface area contributed by atoms with E-state index in [2.05, 4.69) is 55.6 Å². The van der Waals surface area contributed by atoms with Gasteiger partial charge in [-0.1, -0.05) is 185 Å². The fourth-order valence-corrected chi connectivity index (χ4v) is 7.78. The minimum absolute atomic E-state index is 0.0313. The highest BCUT2D eigenvalue weighted by Crippen LogP contribution is 2.18. The van der Waals surface area contributed by atoms with Crippen LogP contribution in [-0.2, 0) is 19.1 Å². The van der Waals surface area contributed by atoms with Crippen LogP contribution in [0.15, 0.2) is 36.5 Å². The number of allylic oxidation sites excluding steroid dienone is 6. The molecule has 2 unspecified atom stereocenters. The number of rotatable bonds is 47. The lowest BCUT2D eigenvalue weighted by molar-refractivity contribution is -0.150. The van der Waals surface area contributed by atoms with E-state index in [0.29, 0.717) is 32.2 Å². The summed E-state index contributed by atoms with van der Waals surface area (Å²) in [5.41, 5.74) is 5.50. The number of nitrogens with one attached hydrogen (secondary N) is 1. The van der Waals surface area contributed by atoms with Gasteiger partial charge in [-0.25, -0.2) is 4.79 Å². The summed E-state index contributed by atoms with van der Waals surface area (Å²) < 4.78 is 6.06. The molecule has 4 N–H and O–H groups in total. The number of nitrogens with two attached hydrogens (primary N) is 1. The molecule has 0 aromatic heterocycles. The first kappa shape index (κ1) is 57.6. The van der Waals surface area contributed by atoms with Crippen molar-refractivity contribution in [2.75, 3.05) is 6.54 Å². The number of amides is 1. The van der Waals surface area contributed by atoms with Crippen molar-refractivity contribution < 1.29 is 24.2 Å². The maximum atomic E-state index is 12.9. The lowest BCUT2D eigenvalue weighted by atomic mass is 10.0. The van der Waals surface area contributed by atoms with Crippen molar-refractivity contribution in [3.63, 3.8) is 0 Å². The van der Waals surface area contributed by atoms with Crippen LogP contribution in [0.5, 0.6) is 0 Å². The largest absolute Gasteiger partial charge is 0.480 e. The maximum absolute atomic E-state index is 12.9. The number of ether oxygens (including phenoxy) is 1. The van der Waals surface area contributed by atoms with Crippen LogP contribution < -0.4 is 11.1 Å². The van der Waals surface area contributed by atoms with E-state index in [1.165, 1.54) is 148 Å². The summed E-state index contributed by atoms with van der Waals surface area (Å²) in [7, 11) is 0. The molecule has 0 bridgehead atoms. The SMILES string of the molecule is CCCCCCC/C=C\C/C=C\CCCC(CCCCCCCC(=O)NC(CCCN)C(=O)O)OC(=O)CCCCCCCCCCC/C=C\CCCCCCCCCC. The van der Waals surface area contributed by atoms with Gasteiger partial charge in [-0.15, -0.1) is 0 Å². The third kappa shape index (κ3) is 43.7. The molecule has 0 aliphatic heterocycles. The van der Waals surface area contributed by atoms with Gasteiger partial charge >= 0.3 is 11.9 Å². The molecule has 0 aromatic rings. The molecule has 0 rings (SSSR count). The molecule has 0 aliphatic carbocycles. The summed E-state index contributed by atoms with van der Waals surface area (Å²) in [6.45, 7) is 4.95. The fourth-order valence-electron chi connectivity index (χ4n) is 7.78. The van der Waals surface area contributed by atoms with Gasteiger partial charge in [0.2, 0.25) is 5.91 Å². The van der Waals surface area contributed by atoms with Crippen LogP contribution >= 0.6 is 0 Å². The van der Waals surface area contributed by atoms with E-state index >= 15 is 0 Å². The van der Waals surface area contributed by atoms with Crippen LogP contribution in [0.2, 0.25) is 0 Å². The van der Waals surface area contributed by atoms with E-state index in [1.54, 1.807) is 0 Å². The highest BCUT2D eigenvalue weighted by molar-refractivity contribution is 5.83. The monoisotopic (exact) mass is 843 g/mol. The first-order valence-electron chi connectivity index (χ1n) is 25.8. The van der Waals surface area contributed by atoms with Crippen molar-refractivity contribution in [3.8, 4) is 0 Å². The van der Waals surface area contributed by atoms with E-state index in [1.807, 2.05) is 0 Å². The van der Waals surface area contributed by atoms with Crippen LogP contribution in [0.25, 0.3) is 0 Å². The number of carbonyl (C=O) groups is 3. The topological polar surface area (TPSA) is 119 Å². The van der Waals surface area contributed by atoms with Gasteiger partial charge in [0, 0.05) is 12.8 Å². The molecule has 0 radical (unpaired) electrons. The second-order valence-electron chi connectivity index (χ2n) is 17.6. The minimum Gasteiger partial charge on any atom is -0.480 e. The molecule has 0 spiro atoms. The molecule has 0 saturated heterocycles. The summed E-state index contributed by atoms with van der Waals surface area (Å²) in [5, 5.41) is 12.0. The highest BCUT2D eigenvalue weighted by atomic mass is 16.5. The van der Waals surface area contributed by atoms with Crippen LogP contribution in [-0.4, -0.2) is 41.6 Å². The Hall–Kier alpha value is -2.41. The van der Waals surface area contributed by atoms with Crippen LogP contribution in [0, 0.1) is 0 Å². The first-order valence-corrected chi connectivity index (χ1v) is 25.8. The molecule has 0 fully saturated rings. The van der Waals surface area contributed by atoms with Gasteiger partial charge < -0.3 is 20.9 Å². The predicted octanol–water partition coefficient (Wildman–Crippen LogP) is 15.3. The number of carboxylic acid groups (broad SMARTS) is 1. The minimum atomic E-state index is -1.01. The Labute approximate surface area is 371 Å². The van der Waals surface area contributed by atoms with Gasteiger partial charge in [-0.3, -0.25) is 9.59 Å². The zero-order valence-corrected chi connectivity index (χ0v) is 39.6. The zero-order chi connectivity index (χ0) is 43.8. The van der Waals surface area contributed by atoms with Crippen molar-refractivity contribution in [3.05, 3.63) is 36.5 Å². The molecule has 350 valence electrons. The van der Waals surface area contributed by atoms with Crippen molar-refractivity contribution in [1.82, 2.24) is 5.32 Å². The molecule has 7 nitrogen and oxygen atoms in total. The van der Waals surface area contributed by atoms with Crippen LogP contribution in [0.1, 0.15) is 264 Å². The Bertz CT molecular complexity index is 1040. The van der Waals surface area contributed by atoms with Crippen LogP contribution in [0.3, 0.4) is 0 Å². The lowest BCUT2D eigenvalue weighted by Gasteiger charge is -2.18. The van der Waals surface area contributed by atoms with Gasteiger partial charge in [-0.05, 0) is 109 Å². The van der Waals surface area contributed by atoms with Gasteiger partial charge in [-0.2, -0.15) is 0 Å². The van der Waals surface area contributed by atoms with E-state index in [9.17, 15) is 19.5 Å². The van der Waals surface area contributed by atoms with E-state index < -0.39 is 12.0 Å². The summed E-state index contributed by atoms with van der Waals surface area (Å²) >= 11 is 0. The molecule has 7 heteroatoms. The van der Waals surface area contributed by atoms with Gasteiger partial charge in [0.1, 0.15) is 12.1 Å². The van der Waals surface area contributed by atoms with Gasteiger partial charge in [0.15, 0.2) is 0 Å². The van der Waals surface area contributed by atoms with Gasteiger partial charge in [0.25, 0.3) is 0 Å². The normalized spacial score (nSPS) is 12.8. The number of aliphatic carboxylic acids is 1. The molecule has 0 heterocycles. The number of carboxylic acids is 1. The zero-order valence-electron chi connectivity index (χ0n) is 39.6. The molecule has 60 heavy (non-hydrogen) atoms. The average molecular weight is 843 g/mol. The Morgan fingerprint density at radius 3 is 1.37 bits per heavy atom. The van der Waals surface area contributed by atoms with E-state index in [-0.39, 0.29) is 18.0 Å². The lowest BCUT2D eigenvalue weighted by Crippen LogP contribution is -2.40. The summed E-state index contributed by atoms with van der Waals surface area (Å²) in [6, 6.07) is -0.861. The fraction of sp³-hybridized carbons (Fsp3) is 0.830. The molecular weight excluding hydrogens is 745 g/mol. The van der Waals surface area contributed by atoms with Crippen molar-refractivity contribution >= 4 is 17.8 Å². The summed E-state index contributed by atoms with van der Waals surface area (Å²) in [5.74, 6) is -1.25. The molecule has 1 amide bonds. The maximum Gasteiger partial charge on any atom is 0.326 e. The quantitative estimate of drug-likeness (QED) is 0.0319. The number of hydrogen-bond donors (Lipinski definition) is 3. The molecule has 0 aliphatic rings. The second-order valence-corrected chi connectivity index (χ2v) is 17.6. The molecule has 2 atom stereocenters. The molecular formula is C53H98N2O5. The highest BCUT2D eigenvalue weighted by Gasteiger charge is 2.19. The van der Waals surface area contributed by atoms with Crippen molar-refractivity contribution in [2.24, 2.45) is 5.73 Å². The Morgan fingerprint density at radius 1 is 0.483 bits per heavy atom. The van der Waals surface area contributed by atoms with E-state index in [0.717, 1.165) is 77.0 Å². The Morgan fingerprint density at radius 2 is 0.883 bits per heavy atom. The summed E-state index contributed by atoms with van der Waals surface area (Å²) in [4.78, 5) is 36.5. The standard InChI is InChI=1S/C53H98N2O5/c1-3-5-7-9-11-13-15-17-18-19-20-21-22-23-24-26-28-30-32-37-41-47-52(57)60-49(43-38-34-31-29-27-25-16-14-12-10-8-6-4-2)44-39-35-33-36-40-46-51(56)55-50(53(58)59)45-42-48-54/h16,19-20,25,29,31,49-50H,3-15,17-18,21-24,26-28,30,32-48,54H2,1-2H3,(H,55,56)(H,58,59)/b20-19-,25-16-,31-29-. The first-order chi connectivity index (χ1) is 29.4. The number of unbranched alkanes of at least 4 members (excludes halogenated alkanes) is 27. The number of carbonyl (C=O) groups excluding carboxylic acids is 2. The van der Waals surface area contributed by atoms with Gasteiger partial charge in [0.05, 0.1) is 0 Å². The van der Waals surface area contributed by atoms with Crippen molar-refractivity contribution in [2.45, 2.75) is 276 Å². The predicted molar refractivity (Wildman–Crippen MR) is 257 cm³/mol. The number of hydrogen-bond acceptors (Lipinski definition) is 5. The second kappa shape index (κ2) is 47.6. The number of esters is 1. The third-order valence-corrected chi connectivity index (χ3v) is 11.7. The van der Waals surface area contributed by atoms with Crippen molar-refractivity contribution in [1.29, 1.82) is 0 Å². The Kier molecular flexibility index (Phi) is 45.7. The Balaban J connectivity index is 4.27. The third-order valence-electron chi connectivity index (χ3n) is 11.7. The average Bonchev–Trinajstić information content (AvgIpc) is 3.23. The van der Waals surface area contributed by atoms with Crippen LogP contribution in [0.4, 0.5) is 0 Å². The molecule has 0 aromatic carbocycles.